The Kier molecular flexibility index (Phi) is 3.75. The second-order valence-electron chi connectivity index (χ2n) is 3.31. The third kappa shape index (κ3) is 3.64. The molecule has 0 bridgehead atoms. The highest BCUT2D eigenvalue weighted by Crippen LogP contribution is 2.08. The molecule has 0 saturated heterocycles. The van der Waals surface area contributed by atoms with Crippen LogP contribution < -0.4 is 15.2 Å². The monoisotopic (exact) mass is 231 g/mol. The van der Waals surface area contributed by atoms with E-state index in [1.54, 1.807) is 0 Å². The molecule has 0 amide bonds. The third-order valence-corrected chi connectivity index (χ3v) is 1.97. The highest BCUT2D eigenvalue weighted by Gasteiger charge is 1.97. The van der Waals surface area contributed by atoms with Gasteiger partial charge in [0.15, 0.2) is 0 Å². The minimum Gasteiger partial charge on any atom is -0.490 e. The molecule has 0 saturated carbocycles. The Morgan fingerprint density at radius 2 is 1.59 bits per heavy atom. The van der Waals surface area contributed by atoms with Gasteiger partial charge in [0.2, 0.25) is 0 Å². The lowest BCUT2D eigenvalue weighted by atomic mass is 10.3. The second-order valence-corrected chi connectivity index (χ2v) is 3.31. The Bertz CT molecular complexity index is 445. The van der Waals surface area contributed by atoms with Gasteiger partial charge in [0.25, 0.3) is 0 Å². The van der Waals surface area contributed by atoms with Crippen molar-refractivity contribution in [2.75, 3.05) is 18.9 Å². The Balaban J connectivity index is 1.71. The van der Waals surface area contributed by atoms with E-state index in [1.165, 1.54) is 12.4 Å². The van der Waals surface area contributed by atoms with Gasteiger partial charge in [0.05, 0.1) is 18.1 Å². The van der Waals surface area contributed by atoms with Crippen LogP contribution in [0.15, 0.2) is 42.7 Å². The summed E-state index contributed by atoms with van der Waals surface area (Å²) in [7, 11) is 0. The molecule has 2 N–H and O–H groups in total. The van der Waals surface area contributed by atoms with Crippen LogP contribution in [0.5, 0.6) is 11.8 Å². The summed E-state index contributed by atoms with van der Waals surface area (Å²) in [6.45, 7) is 0.830. The summed E-state index contributed by atoms with van der Waals surface area (Å²) < 4.78 is 10.7. The van der Waals surface area contributed by atoms with Gasteiger partial charge in [0, 0.05) is 0 Å². The summed E-state index contributed by atoms with van der Waals surface area (Å²) in [4.78, 5) is 7.82. The molecule has 17 heavy (non-hydrogen) atoms. The number of nitrogens with two attached hydrogens (primary N) is 1. The van der Waals surface area contributed by atoms with Gasteiger partial charge in [-0.2, -0.15) is 0 Å². The van der Waals surface area contributed by atoms with Crippen LogP contribution in [0.4, 0.5) is 5.69 Å². The molecule has 0 fully saturated rings. The SMILES string of the molecule is Nc1cnc(OCCOc2ccccc2)nc1. The fraction of sp³-hybridized carbons (Fsp3) is 0.167. The smallest absolute Gasteiger partial charge is 0.316 e. The fourth-order valence-electron chi connectivity index (χ4n) is 1.21. The van der Waals surface area contributed by atoms with Crippen molar-refractivity contribution in [3.8, 4) is 11.8 Å². The lowest BCUT2D eigenvalue weighted by molar-refractivity contribution is 0.206. The van der Waals surface area contributed by atoms with Crippen molar-refractivity contribution in [2.45, 2.75) is 0 Å². The fourth-order valence-corrected chi connectivity index (χ4v) is 1.21. The maximum absolute atomic E-state index is 5.45. The van der Waals surface area contributed by atoms with Gasteiger partial charge in [-0.1, -0.05) is 18.2 Å². The topological polar surface area (TPSA) is 70.3 Å². The number of nitrogens with zero attached hydrogens (tertiary/aromatic N) is 2. The quantitative estimate of drug-likeness (QED) is 0.790. The molecule has 0 radical (unpaired) electrons. The Labute approximate surface area is 99.2 Å². The zero-order valence-corrected chi connectivity index (χ0v) is 9.24. The van der Waals surface area contributed by atoms with Gasteiger partial charge >= 0.3 is 6.01 Å². The first kappa shape index (κ1) is 11.2. The number of aromatic nitrogens is 2. The first-order chi connectivity index (χ1) is 8.34. The number of rotatable bonds is 5. The van der Waals surface area contributed by atoms with Crippen LogP contribution in [-0.2, 0) is 0 Å². The van der Waals surface area contributed by atoms with Crippen molar-refractivity contribution in [1.29, 1.82) is 0 Å². The predicted molar refractivity (Wildman–Crippen MR) is 63.9 cm³/mol. The molecule has 0 aliphatic heterocycles. The van der Waals surface area contributed by atoms with E-state index in [-0.39, 0.29) is 0 Å². The highest BCUT2D eigenvalue weighted by molar-refractivity contribution is 5.30. The van der Waals surface area contributed by atoms with Crippen LogP contribution in [0.25, 0.3) is 0 Å². The van der Waals surface area contributed by atoms with Crippen molar-refractivity contribution in [2.24, 2.45) is 0 Å². The Hall–Kier alpha value is -2.30. The van der Waals surface area contributed by atoms with E-state index in [2.05, 4.69) is 9.97 Å². The van der Waals surface area contributed by atoms with E-state index >= 15 is 0 Å². The maximum Gasteiger partial charge on any atom is 0.316 e. The molecule has 1 heterocycles. The molecule has 1 aromatic carbocycles. The van der Waals surface area contributed by atoms with E-state index in [9.17, 15) is 0 Å². The second kappa shape index (κ2) is 5.69. The number of para-hydroxylation sites is 1. The van der Waals surface area contributed by atoms with E-state index in [0.29, 0.717) is 24.9 Å². The number of benzene rings is 1. The molecule has 5 heteroatoms. The number of ether oxygens (including phenoxy) is 2. The number of anilines is 1. The highest BCUT2D eigenvalue weighted by atomic mass is 16.5. The van der Waals surface area contributed by atoms with Crippen LogP contribution in [0, 0.1) is 0 Å². The molecule has 2 aromatic rings. The minimum atomic E-state index is 0.302. The van der Waals surface area contributed by atoms with E-state index < -0.39 is 0 Å². The third-order valence-electron chi connectivity index (χ3n) is 1.97. The molecule has 88 valence electrons. The summed E-state index contributed by atoms with van der Waals surface area (Å²) in [6.07, 6.45) is 3.00. The van der Waals surface area contributed by atoms with E-state index in [1.807, 2.05) is 30.3 Å². The van der Waals surface area contributed by atoms with E-state index in [0.717, 1.165) is 5.75 Å². The molecular formula is C12H13N3O2. The molecule has 0 unspecified atom stereocenters. The normalized spacial score (nSPS) is 9.88. The molecule has 2 rings (SSSR count). The van der Waals surface area contributed by atoms with Crippen molar-refractivity contribution in [3.63, 3.8) is 0 Å². The molecule has 0 atom stereocenters. The summed E-state index contributed by atoms with van der Waals surface area (Å²) in [6, 6.07) is 9.85. The molecule has 0 aliphatic carbocycles. The van der Waals surface area contributed by atoms with Crippen LogP contribution in [0.2, 0.25) is 0 Å². The molecular weight excluding hydrogens is 218 g/mol. The van der Waals surface area contributed by atoms with Crippen LogP contribution in [-0.4, -0.2) is 23.2 Å². The van der Waals surface area contributed by atoms with Crippen LogP contribution in [0.1, 0.15) is 0 Å². The summed E-state index contributed by atoms with van der Waals surface area (Å²) in [5.41, 5.74) is 5.96. The standard InChI is InChI=1S/C12H13N3O2/c13-10-8-14-12(15-9-10)17-7-6-16-11-4-2-1-3-5-11/h1-5,8-9H,6-7,13H2. The minimum absolute atomic E-state index is 0.302. The first-order valence-corrected chi connectivity index (χ1v) is 5.23. The van der Waals surface area contributed by atoms with Crippen molar-refractivity contribution in [3.05, 3.63) is 42.7 Å². The van der Waals surface area contributed by atoms with Crippen molar-refractivity contribution in [1.82, 2.24) is 9.97 Å². The van der Waals surface area contributed by atoms with Crippen molar-refractivity contribution >= 4 is 5.69 Å². The zero-order chi connectivity index (χ0) is 11.9. The van der Waals surface area contributed by atoms with Crippen LogP contribution >= 0.6 is 0 Å². The van der Waals surface area contributed by atoms with Gasteiger partial charge < -0.3 is 15.2 Å². The molecule has 1 aromatic heterocycles. The van der Waals surface area contributed by atoms with Gasteiger partial charge in [0.1, 0.15) is 19.0 Å². The molecule has 5 nitrogen and oxygen atoms in total. The van der Waals surface area contributed by atoms with Crippen LogP contribution in [0.3, 0.4) is 0 Å². The predicted octanol–water partition coefficient (Wildman–Crippen LogP) is 1.52. The average molecular weight is 231 g/mol. The summed E-state index contributed by atoms with van der Waals surface area (Å²) in [5.74, 6) is 0.814. The largest absolute Gasteiger partial charge is 0.490 e. The maximum atomic E-state index is 5.45. The number of nitrogen functional groups attached to an aromatic ring is 1. The molecule has 0 spiro atoms. The number of hydrogen-bond donors (Lipinski definition) is 1. The van der Waals surface area contributed by atoms with Gasteiger partial charge in [-0.25, -0.2) is 9.97 Å². The van der Waals surface area contributed by atoms with Gasteiger partial charge in [-0.3, -0.25) is 0 Å². The summed E-state index contributed by atoms with van der Waals surface area (Å²) in [5, 5.41) is 0. The Morgan fingerprint density at radius 3 is 2.29 bits per heavy atom. The Morgan fingerprint density at radius 1 is 0.941 bits per heavy atom. The lowest BCUT2D eigenvalue weighted by Crippen LogP contribution is -2.10. The first-order valence-electron chi connectivity index (χ1n) is 5.23. The summed E-state index contributed by atoms with van der Waals surface area (Å²) >= 11 is 0. The van der Waals surface area contributed by atoms with Crippen molar-refractivity contribution < 1.29 is 9.47 Å². The van der Waals surface area contributed by atoms with Gasteiger partial charge in [-0.05, 0) is 12.1 Å². The van der Waals surface area contributed by atoms with E-state index in [4.69, 9.17) is 15.2 Å². The number of hydrogen-bond acceptors (Lipinski definition) is 5. The average Bonchev–Trinajstić information content (AvgIpc) is 2.38. The molecule has 0 aliphatic rings. The van der Waals surface area contributed by atoms with Gasteiger partial charge in [-0.15, -0.1) is 0 Å². The lowest BCUT2D eigenvalue weighted by Gasteiger charge is -2.06. The zero-order valence-electron chi connectivity index (χ0n) is 9.24.